The SMILES string of the molecule is CCCS(=O)(=O)c1ccccc1NCCC(C)Cl. The van der Waals surface area contributed by atoms with E-state index in [0.29, 0.717) is 23.5 Å². The summed E-state index contributed by atoms with van der Waals surface area (Å²) in [4.78, 5) is 0.383. The number of anilines is 1. The fourth-order valence-electron chi connectivity index (χ4n) is 1.67. The van der Waals surface area contributed by atoms with Crippen LogP contribution in [0.15, 0.2) is 29.2 Å². The Bertz CT molecular complexity index is 472. The smallest absolute Gasteiger partial charge is 0.180 e. The van der Waals surface area contributed by atoms with Crippen molar-refractivity contribution in [2.45, 2.75) is 37.0 Å². The van der Waals surface area contributed by atoms with E-state index < -0.39 is 9.84 Å². The van der Waals surface area contributed by atoms with Crippen LogP contribution in [-0.2, 0) is 9.84 Å². The third-order valence-corrected chi connectivity index (χ3v) is 4.74. The largest absolute Gasteiger partial charge is 0.384 e. The molecule has 1 atom stereocenters. The van der Waals surface area contributed by atoms with Gasteiger partial charge in [-0.2, -0.15) is 0 Å². The zero-order valence-corrected chi connectivity index (χ0v) is 12.4. The van der Waals surface area contributed by atoms with Gasteiger partial charge in [-0.15, -0.1) is 11.6 Å². The summed E-state index contributed by atoms with van der Waals surface area (Å²) in [6.45, 7) is 4.45. The van der Waals surface area contributed by atoms with E-state index in [2.05, 4.69) is 5.32 Å². The maximum atomic E-state index is 12.1. The lowest BCUT2D eigenvalue weighted by molar-refractivity contribution is 0.595. The monoisotopic (exact) mass is 289 g/mol. The zero-order valence-electron chi connectivity index (χ0n) is 10.8. The molecule has 0 saturated heterocycles. The van der Waals surface area contributed by atoms with Crippen molar-refractivity contribution in [1.82, 2.24) is 0 Å². The Balaban J connectivity index is 2.86. The van der Waals surface area contributed by atoms with Gasteiger partial charge in [-0.3, -0.25) is 0 Å². The Labute approximate surface area is 114 Å². The molecule has 1 aromatic carbocycles. The molecule has 0 radical (unpaired) electrons. The molecular formula is C13H20ClNO2S. The molecule has 0 aliphatic heterocycles. The third kappa shape index (κ3) is 4.50. The normalized spacial score (nSPS) is 13.3. The van der Waals surface area contributed by atoms with Crippen LogP contribution in [0.3, 0.4) is 0 Å². The van der Waals surface area contributed by atoms with Crippen molar-refractivity contribution in [1.29, 1.82) is 0 Å². The van der Waals surface area contributed by atoms with E-state index in [1.807, 2.05) is 19.9 Å². The van der Waals surface area contributed by atoms with Crippen LogP contribution < -0.4 is 5.32 Å². The molecular weight excluding hydrogens is 270 g/mol. The maximum Gasteiger partial charge on any atom is 0.180 e. The lowest BCUT2D eigenvalue weighted by Gasteiger charge is -2.12. The van der Waals surface area contributed by atoms with Crippen molar-refractivity contribution >= 4 is 27.1 Å². The van der Waals surface area contributed by atoms with Crippen LogP contribution in [0.5, 0.6) is 0 Å². The minimum absolute atomic E-state index is 0.0805. The molecule has 0 aliphatic carbocycles. The second-order valence-electron chi connectivity index (χ2n) is 4.31. The summed E-state index contributed by atoms with van der Waals surface area (Å²) in [6.07, 6.45) is 1.42. The van der Waals surface area contributed by atoms with Crippen molar-refractivity contribution in [2.75, 3.05) is 17.6 Å². The molecule has 3 nitrogen and oxygen atoms in total. The number of benzene rings is 1. The lowest BCUT2D eigenvalue weighted by Crippen LogP contribution is -2.12. The number of sulfone groups is 1. The molecule has 0 amide bonds. The molecule has 1 N–H and O–H groups in total. The molecule has 0 heterocycles. The van der Waals surface area contributed by atoms with E-state index in [1.54, 1.807) is 18.2 Å². The first-order valence-corrected chi connectivity index (χ1v) is 8.26. The van der Waals surface area contributed by atoms with Crippen LogP contribution in [0.2, 0.25) is 0 Å². The highest BCUT2D eigenvalue weighted by Gasteiger charge is 2.16. The summed E-state index contributed by atoms with van der Waals surface area (Å²) in [5.74, 6) is 0.178. The predicted octanol–water partition coefficient (Wildman–Crippen LogP) is 3.30. The Hall–Kier alpha value is -0.740. The van der Waals surface area contributed by atoms with Gasteiger partial charge in [-0.1, -0.05) is 19.1 Å². The molecule has 1 rings (SSSR count). The molecule has 0 bridgehead atoms. The molecule has 0 saturated carbocycles. The summed E-state index contributed by atoms with van der Waals surface area (Å²) in [5.41, 5.74) is 0.670. The Kier molecular flexibility index (Phi) is 5.96. The summed E-state index contributed by atoms with van der Waals surface area (Å²) >= 11 is 5.87. The topological polar surface area (TPSA) is 46.2 Å². The first-order chi connectivity index (χ1) is 8.47. The van der Waals surface area contributed by atoms with Crippen LogP contribution in [0, 0.1) is 0 Å². The Morgan fingerprint density at radius 2 is 2.00 bits per heavy atom. The van der Waals surface area contributed by atoms with Crippen molar-refractivity contribution < 1.29 is 8.42 Å². The third-order valence-electron chi connectivity index (χ3n) is 2.55. The fourth-order valence-corrected chi connectivity index (χ4v) is 3.30. The number of halogens is 1. The van der Waals surface area contributed by atoms with Gasteiger partial charge < -0.3 is 5.32 Å². The van der Waals surface area contributed by atoms with Gasteiger partial charge in [0.1, 0.15) is 0 Å². The van der Waals surface area contributed by atoms with Crippen LogP contribution in [0.4, 0.5) is 5.69 Å². The number of nitrogens with one attached hydrogen (secondary N) is 1. The molecule has 102 valence electrons. The second-order valence-corrected chi connectivity index (χ2v) is 7.13. The standard InChI is InChI=1S/C13H20ClNO2S/c1-3-10-18(16,17)13-7-5-4-6-12(13)15-9-8-11(2)14/h4-7,11,15H,3,8-10H2,1-2H3. The van der Waals surface area contributed by atoms with Crippen LogP contribution in [0.1, 0.15) is 26.7 Å². The van der Waals surface area contributed by atoms with Gasteiger partial charge in [0.25, 0.3) is 0 Å². The molecule has 0 fully saturated rings. The highest BCUT2D eigenvalue weighted by atomic mass is 35.5. The average Bonchev–Trinajstić information content (AvgIpc) is 2.29. The average molecular weight is 290 g/mol. The molecule has 0 spiro atoms. The molecule has 1 unspecified atom stereocenters. The number of hydrogen-bond acceptors (Lipinski definition) is 3. The van der Waals surface area contributed by atoms with E-state index in [4.69, 9.17) is 11.6 Å². The predicted molar refractivity (Wildman–Crippen MR) is 77.2 cm³/mol. The van der Waals surface area contributed by atoms with Gasteiger partial charge in [0, 0.05) is 11.9 Å². The van der Waals surface area contributed by atoms with Gasteiger partial charge in [0.05, 0.1) is 16.3 Å². The highest BCUT2D eigenvalue weighted by molar-refractivity contribution is 7.91. The van der Waals surface area contributed by atoms with E-state index in [9.17, 15) is 8.42 Å². The number of hydrogen-bond donors (Lipinski definition) is 1. The molecule has 0 aliphatic rings. The molecule has 0 aromatic heterocycles. The zero-order chi connectivity index (χ0) is 13.6. The highest BCUT2D eigenvalue weighted by Crippen LogP contribution is 2.22. The number of rotatable bonds is 7. The summed E-state index contributed by atoms with van der Waals surface area (Å²) < 4.78 is 24.2. The summed E-state index contributed by atoms with van der Waals surface area (Å²) in [7, 11) is -3.19. The van der Waals surface area contributed by atoms with E-state index in [-0.39, 0.29) is 11.1 Å². The first kappa shape index (κ1) is 15.3. The van der Waals surface area contributed by atoms with Crippen LogP contribution in [0.25, 0.3) is 0 Å². The number of alkyl halides is 1. The Morgan fingerprint density at radius 1 is 1.33 bits per heavy atom. The molecule has 5 heteroatoms. The fraction of sp³-hybridized carbons (Fsp3) is 0.538. The first-order valence-electron chi connectivity index (χ1n) is 6.17. The van der Waals surface area contributed by atoms with Gasteiger partial charge in [-0.25, -0.2) is 8.42 Å². The lowest BCUT2D eigenvalue weighted by atomic mass is 10.3. The van der Waals surface area contributed by atoms with Crippen molar-refractivity contribution in [2.24, 2.45) is 0 Å². The quantitative estimate of drug-likeness (QED) is 0.784. The van der Waals surface area contributed by atoms with Gasteiger partial charge in [-0.05, 0) is 31.9 Å². The van der Waals surface area contributed by atoms with Gasteiger partial charge in [0.2, 0.25) is 0 Å². The summed E-state index contributed by atoms with van der Waals surface area (Å²) in [6, 6.07) is 7.02. The van der Waals surface area contributed by atoms with Gasteiger partial charge >= 0.3 is 0 Å². The van der Waals surface area contributed by atoms with E-state index in [0.717, 1.165) is 6.42 Å². The maximum absolute atomic E-state index is 12.1. The number of para-hydroxylation sites is 1. The van der Waals surface area contributed by atoms with E-state index >= 15 is 0 Å². The van der Waals surface area contributed by atoms with E-state index in [1.165, 1.54) is 0 Å². The Morgan fingerprint density at radius 3 is 2.61 bits per heavy atom. The van der Waals surface area contributed by atoms with Gasteiger partial charge in [0.15, 0.2) is 9.84 Å². The summed E-state index contributed by atoms with van der Waals surface area (Å²) in [5, 5.41) is 3.23. The van der Waals surface area contributed by atoms with Crippen molar-refractivity contribution in [3.63, 3.8) is 0 Å². The van der Waals surface area contributed by atoms with Crippen molar-refractivity contribution in [3.8, 4) is 0 Å². The van der Waals surface area contributed by atoms with Crippen LogP contribution in [-0.4, -0.2) is 26.1 Å². The minimum atomic E-state index is -3.19. The molecule has 18 heavy (non-hydrogen) atoms. The second kappa shape index (κ2) is 7.00. The van der Waals surface area contributed by atoms with Crippen molar-refractivity contribution in [3.05, 3.63) is 24.3 Å². The molecule has 1 aromatic rings. The minimum Gasteiger partial charge on any atom is -0.384 e. The van der Waals surface area contributed by atoms with Crippen LogP contribution >= 0.6 is 11.6 Å².